The first-order valence-electron chi connectivity index (χ1n) is 6.85. The van der Waals surface area contributed by atoms with Crippen LogP contribution in [-0.2, 0) is 14.8 Å². The van der Waals surface area contributed by atoms with Gasteiger partial charge in [-0.15, -0.1) is 0 Å². The monoisotopic (exact) mass is 360 g/mol. The number of nitro groups is 1. The van der Waals surface area contributed by atoms with E-state index < -0.39 is 26.6 Å². The lowest BCUT2D eigenvalue weighted by atomic mass is 10.1. The number of benzene rings is 2. The number of hydrogen-bond donors (Lipinski definition) is 1. The van der Waals surface area contributed by atoms with Gasteiger partial charge >= 0.3 is 11.6 Å². The molecule has 0 aliphatic rings. The molecule has 0 aromatic heterocycles. The Morgan fingerprint density at radius 2 is 1.68 bits per heavy atom. The third-order valence-corrected chi connectivity index (χ3v) is 4.57. The Labute approximate surface area is 142 Å². The minimum atomic E-state index is -4.16. The summed E-state index contributed by atoms with van der Waals surface area (Å²) in [6.45, 7) is 1.78. The van der Waals surface area contributed by atoms with Crippen molar-refractivity contribution >= 4 is 27.3 Å². The molecule has 0 aliphatic heterocycles. The molecule has 1 amide bonds. The van der Waals surface area contributed by atoms with Crippen LogP contribution in [-0.4, -0.2) is 29.7 Å². The average Bonchev–Trinajstić information content (AvgIpc) is 2.56. The SMILES string of the molecule is Cc1ccc(S(=O)(=O)NC(=O)C(=[N+]=[N-])c2ccc([N+](=O)[O-])cc2)cc1. The molecule has 10 heteroatoms. The van der Waals surface area contributed by atoms with Crippen LogP contribution in [0.25, 0.3) is 5.53 Å². The van der Waals surface area contributed by atoms with E-state index in [1.165, 1.54) is 24.3 Å². The lowest BCUT2D eigenvalue weighted by molar-refractivity contribution is -0.384. The minimum Gasteiger partial charge on any atom is -0.361 e. The van der Waals surface area contributed by atoms with Crippen molar-refractivity contribution in [3.63, 3.8) is 0 Å². The van der Waals surface area contributed by atoms with Gasteiger partial charge in [-0.05, 0) is 31.2 Å². The van der Waals surface area contributed by atoms with Gasteiger partial charge in [0, 0.05) is 12.1 Å². The highest BCUT2D eigenvalue weighted by Crippen LogP contribution is 2.13. The van der Waals surface area contributed by atoms with E-state index in [4.69, 9.17) is 5.53 Å². The molecule has 0 fully saturated rings. The molecule has 0 aliphatic carbocycles. The highest BCUT2D eigenvalue weighted by atomic mass is 32.2. The predicted octanol–water partition coefficient (Wildman–Crippen LogP) is 1.43. The fraction of sp³-hybridized carbons (Fsp3) is 0.0667. The number of sulfonamides is 1. The minimum absolute atomic E-state index is 0.0182. The molecule has 2 aromatic carbocycles. The summed E-state index contributed by atoms with van der Waals surface area (Å²) >= 11 is 0. The van der Waals surface area contributed by atoms with E-state index in [1.807, 2.05) is 0 Å². The molecule has 0 radical (unpaired) electrons. The van der Waals surface area contributed by atoms with Crippen molar-refractivity contribution in [1.29, 1.82) is 0 Å². The van der Waals surface area contributed by atoms with E-state index >= 15 is 0 Å². The van der Waals surface area contributed by atoms with E-state index in [0.717, 1.165) is 17.7 Å². The Morgan fingerprint density at radius 1 is 1.12 bits per heavy atom. The molecule has 0 unspecified atom stereocenters. The van der Waals surface area contributed by atoms with Crippen molar-refractivity contribution in [2.75, 3.05) is 0 Å². The first-order chi connectivity index (χ1) is 11.7. The third-order valence-electron chi connectivity index (χ3n) is 3.22. The first-order valence-corrected chi connectivity index (χ1v) is 8.33. The molecular weight excluding hydrogens is 348 g/mol. The van der Waals surface area contributed by atoms with Crippen molar-refractivity contribution in [3.8, 4) is 0 Å². The van der Waals surface area contributed by atoms with Gasteiger partial charge in [-0.25, -0.2) is 13.1 Å². The van der Waals surface area contributed by atoms with Gasteiger partial charge in [0.1, 0.15) is 0 Å². The van der Waals surface area contributed by atoms with Crippen molar-refractivity contribution in [1.82, 2.24) is 4.72 Å². The number of amides is 1. The first kappa shape index (κ1) is 18.0. The summed E-state index contributed by atoms with van der Waals surface area (Å²) in [5.41, 5.74) is 9.07. The van der Waals surface area contributed by atoms with E-state index in [1.54, 1.807) is 23.8 Å². The second kappa shape index (κ2) is 7.04. The maximum absolute atomic E-state index is 12.2. The molecule has 2 aromatic rings. The molecule has 0 saturated heterocycles. The largest absolute Gasteiger partial charge is 0.387 e. The van der Waals surface area contributed by atoms with Crippen LogP contribution in [0.2, 0.25) is 0 Å². The zero-order valence-electron chi connectivity index (χ0n) is 12.9. The van der Waals surface area contributed by atoms with Crippen molar-refractivity contribution < 1.29 is 22.9 Å². The van der Waals surface area contributed by atoms with Crippen LogP contribution in [0, 0.1) is 17.0 Å². The molecule has 25 heavy (non-hydrogen) atoms. The van der Waals surface area contributed by atoms with Crippen LogP contribution in [0.4, 0.5) is 5.69 Å². The molecule has 0 bridgehead atoms. The van der Waals surface area contributed by atoms with Gasteiger partial charge < -0.3 is 5.53 Å². The van der Waals surface area contributed by atoms with Crippen LogP contribution in [0.3, 0.4) is 0 Å². The van der Waals surface area contributed by atoms with Crippen LogP contribution >= 0.6 is 0 Å². The van der Waals surface area contributed by atoms with Crippen molar-refractivity contribution in [2.24, 2.45) is 0 Å². The number of nitrogens with zero attached hydrogens (tertiary/aromatic N) is 3. The molecule has 0 atom stereocenters. The second-order valence-electron chi connectivity index (χ2n) is 5.00. The Hall–Kier alpha value is -3.36. The Kier molecular flexibility index (Phi) is 5.06. The smallest absolute Gasteiger partial charge is 0.361 e. The third kappa shape index (κ3) is 4.14. The normalized spacial score (nSPS) is 10.6. The van der Waals surface area contributed by atoms with Gasteiger partial charge in [-0.3, -0.25) is 14.9 Å². The van der Waals surface area contributed by atoms with Crippen LogP contribution in [0.1, 0.15) is 11.1 Å². The molecule has 1 N–H and O–H groups in total. The van der Waals surface area contributed by atoms with Gasteiger partial charge in [0.15, 0.2) is 0 Å². The number of rotatable bonds is 5. The number of aryl methyl sites for hydroxylation is 1. The van der Waals surface area contributed by atoms with Crippen LogP contribution in [0.5, 0.6) is 0 Å². The molecule has 0 spiro atoms. The zero-order chi connectivity index (χ0) is 18.6. The molecule has 2 rings (SSSR count). The quantitative estimate of drug-likeness (QED) is 0.282. The number of carbonyl (C=O) groups is 1. The van der Waals surface area contributed by atoms with E-state index in [-0.39, 0.29) is 16.1 Å². The fourth-order valence-corrected chi connectivity index (χ4v) is 2.87. The standard InChI is InChI=1S/C15H12N4O5S/c1-10-2-8-13(9-3-10)25(23,24)18-15(20)14(17-16)11-4-6-12(7-5-11)19(21)22/h2-9H,1H3,(H,18,20). The molecule has 9 nitrogen and oxygen atoms in total. The summed E-state index contributed by atoms with van der Waals surface area (Å²) in [7, 11) is -4.16. The van der Waals surface area contributed by atoms with E-state index in [0.29, 0.717) is 0 Å². The number of nitro benzene ring substituents is 1. The molecular formula is C15H12N4O5S. The number of carbonyl (C=O) groups excluding carboxylic acids is 1. The van der Waals surface area contributed by atoms with Crippen molar-refractivity contribution in [2.45, 2.75) is 11.8 Å². The number of hydrogen-bond acceptors (Lipinski definition) is 5. The highest BCUT2D eigenvalue weighted by molar-refractivity contribution is 7.90. The lowest BCUT2D eigenvalue weighted by Crippen LogP contribution is -2.37. The van der Waals surface area contributed by atoms with Crippen molar-refractivity contribution in [3.05, 3.63) is 75.3 Å². The summed E-state index contributed by atoms with van der Waals surface area (Å²) in [5, 5.41) is 10.6. The summed E-state index contributed by atoms with van der Waals surface area (Å²) in [5.74, 6) is -1.17. The van der Waals surface area contributed by atoms with Gasteiger partial charge in [-0.2, -0.15) is 4.79 Å². The Morgan fingerprint density at radius 3 is 2.16 bits per heavy atom. The number of nitrogens with one attached hydrogen (secondary N) is 1. The molecule has 0 saturated carbocycles. The fourth-order valence-electron chi connectivity index (χ4n) is 1.92. The Bertz CT molecular complexity index is 976. The maximum Gasteiger partial charge on any atom is 0.387 e. The summed E-state index contributed by atoms with van der Waals surface area (Å²) in [6, 6.07) is 10.3. The van der Waals surface area contributed by atoms with Gasteiger partial charge in [0.2, 0.25) is 0 Å². The second-order valence-corrected chi connectivity index (χ2v) is 6.68. The summed E-state index contributed by atoms with van der Waals surface area (Å²) in [4.78, 5) is 24.8. The van der Waals surface area contributed by atoms with E-state index in [9.17, 15) is 23.3 Å². The topological polar surface area (TPSA) is 143 Å². The van der Waals surface area contributed by atoms with E-state index in [2.05, 4.69) is 4.79 Å². The average molecular weight is 360 g/mol. The highest BCUT2D eigenvalue weighted by Gasteiger charge is 2.28. The van der Waals surface area contributed by atoms with Gasteiger partial charge in [0.25, 0.3) is 15.7 Å². The predicted molar refractivity (Wildman–Crippen MR) is 87.3 cm³/mol. The zero-order valence-corrected chi connectivity index (χ0v) is 13.7. The lowest BCUT2D eigenvalue weighted by Gasteiger charge is -2.05. The number of non-ortho nitro benzene ring substituents is 1. The molecule has 128 valence electrons. The maximum atomic E-state index is 12.2. The summed E-state index contributed by atoms with van der Waals surface area (Å²) < 4.78 is 26.2. The van der Waals surface area contributed by atoms with Crippen LogP contribution < -0.4 is 4.72 Å². The van der Waals surface area contributed by atoms with Gasteiger partial charge in [-0.1, -0.05) is 17.7 Å². The van der Waals surface area contributed by atoms with Gasteiger partial charge in [0.05, 0.1) is 15.4 Å². The van der Waals surface area contributed by atoms with Crippen LogP contribution in [0.15, 0.2) is 53.4 Å². The molecule has 0 heterocycles. The summed E-state index contributed by atoms with van der Waals surface area (Å²) in [6.07, 6.45) is 0. The Balaban J connectivity index is 2.27.